The van der Waals surface area contributed by atoms with E-state index >= 15 is 0 Å². The van der Waals surface area contributed by atoms with Crippen molar-refractivity contribution in [1.82, 2.24) is 19.6 Å². The standard InChI is InChI=1S/C18H18F3N5O4S2/c1-3-31(27,28)13-6-7-15(25(2)32(29,30)11-4-5-11)23-17(13)12-8-9-26-16(22-12)10-14(24-26)18(19,20)21/h6-11H,3-5H2,1-2H3. The molecule has 0 atom stereocenters. The number of sulfone groups is 1. The summed E-state index contributed by atoms with van der Waals surface area (Å²) in [5.74, 6) is -0.280. The second-order valence-corrected chi connectivity index (χ2v) is 11.8. The maximum atomic E-state index is 13.0. The molecule has 1 saturated carbocycles. The summed E-state index contributed by atoms with van der Waals surface area (Å²) in [5, 5.41) is 2.90. The normalized spacial score (nSPS) is 15.3. The Labute approximate surface area is 181 Å². The quantitative estimate of drug-likeness (QED) is 0.523. The highest BCUT2D eigenvalue weighted by molar-refractivity contribution is 7.93. The molecule has 14 heteroatoms. The lowest BCUT2D eigenvalue weighted by Gasteiger charge is -2.20. The Hall–Kier alpha value is -2.74. The van der Waals surface area contributed by atoms with Gasteiger partial charge in [0.05, 0.1) is 21.6 Å². The Morgan fingerprint density at radius 3 is 2.41 bits per heavy atom. The summed E-state index contributed by atoms with van der Waals surface area (Å²) in [7, 11) is -6.14. The van der Waals surface area contributed by atoms with E-state index in [2.05, 4.69) is 15.1 Å². The number of halogens is 3. The lowest BCUT2D eigenvalue weighted by molar-refractivity contribution is -0.141. The molecule has 0 bridgehead atoms. The summed E-state index contributed by atoms with van der Waals surface area (Å²) < 4.78 is 91.3. The fourth-order valence-corrected chi connectivity index (χ4v) is 5.64. The molecule has 0 spiro atoms. The molecule has 0 aromatic carbocycles. The van der Waals surface area contributed by atoms with Gasteiger partial charge in [-0.05, 0) is 31.0 Å². The van der Waals surface area contributed by atoms with Gasteiger partial charge < -0.3 is 0 Å². The van der Waals surface area contributed by atoms with Crippen LogP contribution in [0.3, 0.4) is 0 Å². The van der Waals surface area contributed by atoms with Gasteiger partial charge in [-0.3, -0.25) is 4.31 Å². The van der Waals surface area contributed by atoms with Crippen LogP contribution < -0.4 is 4.31 Å². The third-order valence-corrected chi connectivity index (χ3v) is 9.09. The molecule has 1 aliphatic carbocycles. The molecular weight excluding hydrogens is 471 g/mol. The third kappa shape index (κ3) is 3.92. The Balaban J connectivity index is 1.89. The van der Waals surface area contributed by atoms with E-state index in [4.69, 9.17) is 0 Å². The Bertz CT molecular complexity index is 1410. The third-order valence-electron chi connectivity index (χ3n) is 5.07. The number of nitrogens with zero attached hydrogens (tertiary/aromatic N) is 5. The molecule has 1 fully saturated rings. The predicted molar refractivity (Wildman–Crippen MR) is 109 cm³/mol. The summed E-state index contributed by atoms with van der Waals surface area (Å²) in [4.78, 5) is 8.15. The molecule has 0 radical (unpaired) electrons. The molecule has 0 unspecified atom stereocenters. The summed E-state index contributed by atoms with van der Waals surface area (Å²) in [6, 6.07) is 4.52. The average molecular weight is 490 g/mol. The van der Waals surface area contributed by atoms with Crippen molar-refractivity contribution in [2.24, 2.45) is 0 Å². The molecule has 3 aromatic rings. The first kappa shape index (κ1) is 22.5. The van der Waals surface area contributed by atoms with Crippen LogP contribution in [0, 0.1) is 0 Å². The average Bonchev–Trinajstić information content (AvgIpc) is 3.51. The number of alkyl halides is 3. The largest absolute Gasteiger partial charge is 0.435 e. The summed E-state index contributed by atoms with van der Waals surface area (Å²) in [6.07, 6.45) is -2.41. The first-order valence-electron chi connectivity index (χ1n) is 9.50. The second kappa shape index (κ2) is 7.40. The number of fused-ring (bicyclic) bond motifs is 1. The van der Waals surface area contributed by atoms with Gasteiger partial charge in [0, 0.05) is 19.3 Å². The van der Waals surface area contributed by atoms with E-state index in [0.717, 1.165) is 14.9 Å². The van der Waals surface area contributed by atoms with Crippen LogP contribution in [0.1, 0.15) is 25.5 Å². The minimum Gasteiger partial charge on any atom is -0.257 e. The van der Waals surface area contributed by atoms with Crippen molar-refractivity contribution < 1.29 is 30.0 Å². The van der Waals surface area contributed by atoms with Gasteiger partial charge in [-0.15, -0.1) is 0 Å². The van der Waals surface area contributed by atoms with Crippen LogP contribution in [0.15, 0.2) is 35.4 Å². The number of sulfonamides is 1. The van der Waals surface area contributed by atoms with Crippen molar-refractivity contribution in [2.45, 2.75) is 36.1 Å². The molecular formula is C18H18F3N5O4S2. The van der Waals surface area contributed by atoms with Crippen LogP contribution in [0.2, 0.25) is 0 Å². The molecule has 0 N–H and O–H groups in total. The highest BCUT2D eigenvalue weighted by atomic mass is 32.2. The van der Waals surface area contributed by atoms with Crippen LogP contribution in [-0.4, -0.2) is 54.5 Å². The lowest BCUT2D eigenvalue weighted by Crippen LogP contribution is -2.30. The second-order valence-electron chi connectivity index (χ2n) is 7.27. The van der Waals surface area contributed by atoms with E-state index in [1.54, 1.807) is 0 Å². The minimum atomic E-state index is -4.68. The van der Waals surface area contributed by atoms with E-state index in [1.165, 1.54) is 38.4 Å². The summed E-state index contributed by atoms with van der Waals surface area (Å²) >= 11 is 0. The monoisotopic (exact) mass is 489 g/mol. The highest BCUT2D eigenvalue weighted by Crippen LogP contribution is 2.34. The summed E-state index contributed by atoms with van der Waals surface area (Å²) in [6.45, 7) is 1.43. The minimum absolute atomic E-state index is 0.0203. The molecule has 9 nitrogen and oxygen atoms in total. The van der Waals surface area contributed by atoms with Crippen LogP contribution in [0.5, 0.6) is 0 Å². The topological polar surface area (TPSA) is 115 Å². The first-order valence-corrected chi connectivity index (χ1v) is 12.7. The van der Waals surface area contributed by atoms with Gasteiger partial charge >= 0.3 is 6.18 Å². The zero-order valence-corrected chi connectivity index (χ0v) is 18.5. The summed E-state index contributed by atoms with van der Waals surface area (Å²) in [5.41, 5.74) is -1.50. The van der Waals surface area contributed by atoms with Crippen molar-refractivity contribution in [1.29, 1.82) is 0 Å². The van der Waals surface area contributed by atoms with E-state index in [9.17, 15) is 30.0 Å². The van der Waals surface area contributed by atoms with Crippen molar-refractivity contribution in [2.75, 3.05) is 17.1 Å². The van der Waals surface area contributed by atoms with E-state index in [0.29, 0.717) is 12.8 Å². The maximum Gasteiger partial charge on any atom is 0.435 e. The Morgan fingerprint density at radius 1 is 1.12 bits per heavy atom. The molecule has 3 aromatic heterocycles. The van der Waals surface area contributed by atoms with Crippen LogP contribution >= 0.6 is 0 Å². The van der Waals surface area contributed by atoms with Crippen LogP contribution in [0.4, 0.5) is 19.0 Å². The molecule has 4 rings (SSSR count). The first-order chi connectivity index (χ1) is 14.8. The SMILES string of the molecule is CCS(=O)(=O)c1ccc(N(C)S(=O)(=O)C2CC2)nc1-c1ccn2nc(C(F)(F)F)cc2n1. The van der Waals surface area contributed by atoms with Gasteiger partial charge in [-0.1, -0.05) is 6.92 Å². The van der Waals surface area contributed by atoms with Gasteiger partial charge in [-0.25, -0.2) is 31.3 Å². The highest BCUT2D eigenvalue weighted by Gasteiger charge is 2.39. The fraction of sp³-hybridized carbons (Fsp3) is 0.389. The van der Waals surface area contributed by atoms with Gasteiger partial charge in [-0.2, -0.15) is 18.3 Å². The number of hydrogen-bond donors (Lipinski definition) is 0. The van der Waals surface area contributed by atoms with Crippen molar-refractivity contribution in [3.63, 3.8) is 0 Å². The zero-order chi connectivity index (χ0) is 23.5. The van der Waals surface area contributed by atoms with Crippen LogP contribution in [0.25, 0.3) is 17.0 Å². The Morgan fingerprint density at radius 2 is 1.81 bits per heavy atom. The molecule has 1 aliphatic rings. The van der Waals surface area contributed by atoms with Gasteiger partial charge in [0.15, 0.2) is 21.2 Å². The molecule has 0 amide bonds. The van der Waals surface area contributed by atoms with Gasteiger partial charge in [0.25, 0.3) is 0 Å². The fourth-order valence-electron chi connectivity index (χ4n) is 3.07. The van der Waals surface area contributed by atoms with Crippen molar-refractivity contribution >= 4 is 31.3 Å². The molecule has 0 saturated heterocycles. The van der Waals surface area contributed by atoms with Gasteiger partial charge in [0.1, 0.15) is 11.5 Å². The molecule has 0 aliphatic heterocycles. The predicted octanol–water partition coefficient (Wildman–Crippen LogP) is 2.53. The Kier molecular flexibility index (Phi) is 5.19. The van der Waals surface area contributed by atoms with E-state index in [-0.39, 0.29) is 33.5 Å². The molecule has 32 heavy (non-hydrogen) atoms. The van der Waals surface area contributed by atoms with Gasteiger partial charge in [0.2, 0.25) is 10.0 Å². The smallest absolute Gasteiger partial charge is 0.257 e. The van der Waals surface area contributed by atoms with Crippen molar-refractivity contribution in [3.05, 3.63) is 36.2 Å². The number of hydrogen-bond acceptors (Lipinski definition) is 7. The molecule has 3 heterocycles. The number of pyridine rings is 1. The number of aromatic nitrogens is 4. The van der Waals surface area contributed by atoms with Crippen LogP contribution in [-0.2, 0) is 26.0 Å². The number of anilines is 1. The van der Waals surface area contributed by atoms with E-state index in [1.807, 2.05) is 0 Å². The maximum absolute atomic E-state index is 13.0. The van der Waals surface area contributed by atoms with E-state index < -0.39 is 37.0 Å². The van der Waals surface area contributed by atoms with Crippen molar-refractivity contribution in [3.8, 4) is 11.4 Å². The zero-order valence-electron chi connectivity index (χ0n) is 16.9. The molecule has 172 valence electrons. The number of rotatable bonds is 6. The lowest BCUT2D eigenvalue weighted by atomic mass is 10.2.